The Morgan fingerprint density at radius 1 is 1.05 bits per heavy atom. The zero-order chi connectivity index (χ0) is 14.9. The fourth-order valence-corrected chi connectivity index (χ4v) is 2.42. The maximum atomic E-state index is 14.3. The summed E-state index contributed by atoms with van der Waals surface area (Å²) >= 11 is 0. The average molecular weight is 285 g/mol. The second kappa shape index (κ2) is 5.13. The van der Waals surface area contributed by atoms with E-state index >= 15 is 0 Å². The summed E-state index contributed by atoms with van der Waals surface area (Å²) in [4.78, 5) is 10.7. The Balaban J connectivity index is 1.96. The van der Waals surface area contributed by atoms with Gasteiger partial charge < -0.3 is 4.57 Å². The number of aldehydes is 1. The minimum atomic E-state index is -2.95. The van der Waals surface area contributed by atoms with Crippen LogP contribution in [0, 0.1) is 0 Å². The summed E-state index contributed by atoms with van der Waals surface area (Å²) in [7, 11) is 0. The maximum Gasteiger partial charge on any atom is 0.290 e. The average Bonchev–Trinajstić information content (AvgIpc) is 2.90. The van der Waals surface area contributed by atoms with Crippen molar-refractivity contribution in [1.82, 2.24) is 4.57 Å². The van der Waals surface area contributed by atoms with Crippen LogP contribution in [-0.4, -0.2) is 10.9 Å². The molecule has 1 heterocycles. The summed E-state index contributed by atoms with van der Waals surface area (Å²) in [6.45, 7) is -0.430. The molecule has 4 heteroatoms. The van der Waals surface area contributed by atoms with Gasteiger partial charge in [-0.25, -0.2) is 0 Å². The molecule has 21 heavy (non-hydrogen) atoms. The number of carbonyl (C=O) groups excluding carboxylic acids is 1. The van der Waals surface area contributed by atoms with Crippen LogP contribution in [0.25, 0.3) is 10.9 Å². The first-order valence-electron chi connectivity index (χ1n) is 6.57. The molecule has 0 atom stereocenters. The van der Waals surface area contributed by atoms with Crippen molar-refractivity contribution in [2.45, 2.75) is 12.5 Å². The van der Waals surface area contributed by atoms with Gasteiger partial charge in [0.15, 0.2) is 0 Å². The van der Waals surface area contributed by atoms with Crippen LogP contribution in [0.15, 0.2) is 60.8 Å². The fourth-order valence-electron chi connectivity index (χ4n) is 2.42. The molecular weight excluding hydrogens is 272 g/mol. The largest absolute Gasteiger partial charge is 0.341 e. The molecule has 0 bridgehead atoms. The van der Waals surface area contributed by atoms with Crippen LogP contribution in [0.2, 0.25) is 0 Å². The molecule has 0 aliphatic carbocycles. The van der Waals surface area contributed by atoms with Gasteiger partial charge in [0.25, 0.3) is 5.92 Å². The van der Waals surface area contributed by atoms with E-state index in [1.54, 1.807) is 48.7 Å². The first kappa shape index (κ1) is 13.5. The summed E-state index contributed by atoms with van der Waals surface area (Å²) in [5, 5.41) is 0.781. The molecule has 0 spiro atoms. The Hall–Kier alpha value is -2.49. The van der Waals surface area contributed by atoms with E-state index in [2.05, 4.69) is 0 Å². The van der Waals surface area contributed by atoms with E-state index in [0.29, 0.717) is 11.1 Å². The topological polar surface area (TPSA) is 22.0 Å². The van der Waals surface area contributed by atoms with Crippen molar-refractivity contribution in [2.24, 2.45) is 0 Å². The zero-order valence-corrected chi connectivity index (χ0v) is 11.2. The van der Waals surface area contributed by atoms with Crippen LogP contribution >= 0.6 is 0 Å². The molecule has 0 radical (unpaired) electrons. The molecule has 0 amide bonds. The number of hydrogen-bond acceptors (Lipinski definition) is 1. The fraction of sp³-hybridized carbons (Fsp3) is 0.118. The molecule has 0 saturated carbocycles. The van der Waals surface area contributed by atoms with E-state index in [1.807, 2.05) is 0 Å². The molecule has 0 N–H and O–H groups in total. The molecule has 0 aliphatic rings. The van der Waals surface area contributed by atoms with E-state index in [4.69, 9.17) is 0 Å². The van der Waals surface area contributed by atoms with Gasteiger partial charge in [0.1, 0.15) is 6.29 Å². The predicted molar refractivity (Wildman–Crippen MR) is 77.7 cm³/mol. The first-order chi connectivity index (χ1) is 10.1. The lowest BCUT2D eigenvalue weighted by atomic mass is 10.1. The van der Waals surface area contributed by atoms with Gasteiger partial charge in [0.2, 0.25) is 0 Å². The van der Waals surface area contributed by atoms with Crippen LogP contribution in [0.4, 0.5) is 8.78 Å². The van der Waals surface area contributed by atoms with E-state index in [-0.39, 0.29) is 5.56 Å². The molecule has 3 aromatic rings. The van der Waals surface area contributed by atoms with Crippen LogP contribution in [0.3, 0.4) is 0 Å². The second-order valence-corrected chi connectivity index (χ2v) is 4.95. The number of fused-ring (bicyclic) bond motifs is 1. The molecule has 2 nitrogen and oxygen atoms in total. The number of aromatic nitrogens is 1. The highest BCUT2D eigenvalue weighted by Gasteiger charge is 2.32. The van der Waals surface area contributed by atoms with Gasteiger partial charge in [-0.2, -0.15) is 8.78 Å². The lowest BCUT2D eigenvalue weighted by molar-refractivity contribution is -0.0211. The smallest absolute Gasteiger partial charge is 0.290 e. The van der Waals surface area contributed by atoms with Crippen molar-refractivity contribution < 1.29 is 13.6 Å². The molecule has 1 aromatic heterocycles. The Bertz CT molecular complexity index is 778. The third-order valence-electron chi connectivity index (χ3n) is 3.50. The van der Waals surface area contributed by atoms with E-state index in [9.17, 15) is 13.6 Å². The van der Waals surface area contributed by atoms with Gasteiger partial charge in [0, 0.05) is 28.2 Å². The number of alkyl halides is 2. The third kappa shape index (κ3) is 2.57. The summed E-state index contributed by atoms with van der Waals surface area (Å²) in [6, 6.07) is 14.5. The second-order valence-electron chi connectivity index (χ2n) is 4.95. The van der Waals surface area contributed by atoms with Crippen LogP contribution in [0.5, 0.6) is 0 Å². The minimum Gasteiger partial charge on any atom is -0.341 e. The molecule has 0 unspecified atom stereocenters. The molecule has 2 aromatic carbocycles. The summed E-state index contributed by atoms with van der Waals surface area (Å²) in [6.07, 6.45) is 2.37. The molecule has 106 valence electrons. The van der Waals surface area contributed by atoms with Crippen LogP contribution < -0.4 is 0 Å². The lowest BCUT2D eigenvalue weighted by Crippen LogP contribution is -2.20. The van der Waals surface area contributed by atoms with Gasteiger partial charge in [-0.05, 0) is 24.3 Å². The van der Waals surface area contributed by atoms with Crippen molar-refractivity contribution >= 4 is 17.2 Å². The molecular formula is C17H13F2NO. The number of nitrogens with zero attached hydrogens (tertiary/aromatic N) is 1. The third-order valence-corrected chi connectivity index (χ3v) is 3.50. The summed E-state index contributed by atoms with van der Waals surface area (Å²) < 4.78 is 30.1. The normalized spacial score (nSPS) is 11.7. The Morgan fingerprint density at radius 3 is 2.52 bits per heavy atom. The van der Waals surface area contributed by atoms with Crippen molar-refractivity contribution in [3.8, 4) is 0 Å². The highest BCUT2D eigenvalue weighted by molar-refractivity contribution is 5.87. The quantitative estimate of drug-likeness (QED) is 0.657. The van der Waals surface area contributed by atoms with Crippen molar-refractivity contribution in [3.05, 3.63) is 71.9 Å². The van der Waals surface area contributed by atoms with Gasteiger partial charge in [0.05, 0.1) is 6.54 Å². The minimum absolute atomic E-state index is 0.00337. The van der Waals surface area contributed by atoms with Gasteiger partial charge in [-0.15, -0.1) is 0 Å². The maximum absolute atomic E-state index is 14.3. The summed E-state index contributed by atoms with van der Waals surface area (Å²) in [5.41, 5.74) is 1.22. The van der Waals surface area contributed by atoms with E-state index < -0.39 is 12.5 Å². The van der Waals surface area contributed by atoms with E-state index in [0.717, 1.165) is 11.7 Å². The summed E-state index contributed by atoms with van der Waals surface area (Å²) in [5.74, 6) is -2.95. The highest BCUT2D eigenvalue weighted by Crippen LogP contribution is 2.31. The number of benzene rings is 2. The first-order valence-corrected chi connectivity index (χ1v) is 6.57. The number of carbonyl (C=O) groups is 1. The molecule has 0 aliphatic heterocycles. The zero-order valence-electron chi connectivity index (χ0n) is 11.2. The highest BCUT2D eigenvalue weighted by atomic mass is 19.3. The molecule has 0 saturated heterocycles. The molecule has 3 rings (SSSR count). The van der Waals surface area contributed by atoms with Gasteiger partial charge >= 0.3 is 0 Å². The number of hydrogen-bond donors (Lipinski definition) is 0. The predicted octanol–water partition coefficient (Wildman–Crippen LogP) is 4.25. The SMILES string of the molecule is O=Cc1ccc2c(ccn2CC(F)(F)c2ccccc2)c1. The van der Waals surface area contributed by atoms with Gasteiger partial charge in [-0.1, -0.05) is 30.3 Å². The standard InChI is InChI=1S/C17H13F2NO/c18-17(19,15-4-2-1-3-5-15)12-20-9-8-14-10-13(11-21)6-7-16(14)20/h1-11H,12H2. The van der Waals surface area contributed by atoms with E-state index in [1.165, 1.54) is 16.7 Å². The van der Waals surface area contributed by atoms with Crippen LogP contribution in [0.1, 0.15) is 15.9 Å². The Morgan fingerprint density at radius 2 is 1.81 bits per heavy atom. The Kier molecular flexibility index (Phi) is 3.29. The molecule has 0 fully saturated rings. The monoisotopic (exact) mass is 285 g/mol. The number of halogens is 2. The lowest BCUT2D eigenvalue weighted by Gasteiger charge is -2.18. The van der Waals surface area contributed by atoms with Crippen molar-refractivity contribution in [3.63, 3.8) is 0 Å². The van der Waals surface area contributed by atoms with Crippen LogP contribution in [-0.2, 0) is 12.5 Å². The van der Waals surface area contributed by atoms with Gasteiger partial charge in [-0.3, -0.25) is 4.79 Å². The van der Waals surface area contributed by atoms with Crippen molar-refractivity contribution in [2.75, 3.05) is 0 Å². The number of rotatable bonds is 4. The van der Waals surface area contributed by atoms with Crippen molar-refractivity contribution in [1.29, 1.82) is 0 Å². The Labute approximate surface area is 120 Å².